The molecule has 1 aromatic carbocycles. The van der Waals surface area contributed by atoms with Gasteiger partial charge in [0.25, 0.3) is 12.0 Å². The van der Waals surface area contributed by atoms with E-state index in [2.05, 4.69) is 0 Å². The van der Waals surface area contributed by atoms with Crippen LogP contribution in [0.5, 0.6) is 5.75 Å². The molecular formula is C16H13F2IN2O2. The van der Waals surface area contributed by atoms with Crippen LogP contribution in [0.1, 0.15) is 5.56 Å². The molecule has 7 heteroatoms. The molecule has 0 bridgehead atoms. The standard InChI is InChI=1S/C16H13F2IN2O2/c1-10-8-11(23-7-6-20)2-3-12(10)14-5-4-13(19)16(22)21(14)9-15(17)18/h2-5,8,15H,7,9H2,1H3. The zero-order valence-electron chi connectivity index (χ0n) is 12.2. The number of halogens is 3. The van der Waals surface area contributed by atoms with Crippen molar-refractivity contribution in [3.8, 4) is 23.1 Å². The summed E-state index contributed by atoms with van der Waals surface area (Å²) >= 11 is 1.83. The van der Waals surface area contributed by atoms with Crippen LogP contribution < -0.4 is 10.3 Å². The molecule has 0 spiro atoms. The Bertz CT molecular complexity index is 813. The molecule has 2 aromatic rings. The van der Waals surface area contributed by atoms with E-state index in [1.807, 2.05) is 28.7 Å². The Labute approximate surface area is 145 Å². The molecule has 0 aliphatic carbocycles. The first-order valence-electron chi connectivity index (χ1n) is 6.72. The van der Waals surface area contributed by atoms with Gasteiger partial charge in [-0.3, -0.25) is 4.79 Å². The maximum Gasteiger partial charge on any atom is 0.264 e. The Hall–Kier alpha value is -1.95. The van der Waals surface area contributed by atoms with Gasteiger partial charge in [0, 0.05) is 5.56 Å². The van der Waals surface area contributed by atoms with E-state index in [0.29, 0.717) is 20.6 Å². The topological polar surface area (TPSA) is 55.0 Å². The lowest BCUT2D eigenvalue weighted by atomic mass is 10.0. The Morgan fingerprint density at radius 3 is 2.70 bits per heavy atom. The maximum absolute atomic E-state index is 12.8. The molecule has 0 atom stereocenters. The van der Waals surface area contributed by atoms with Crippen molar-refractivity contribution in [3.05, 3.63) is 49.8 Å². The molecule has 1 aromatic heterocycles. The van der Waals surface area contributed by atoms with Crippen LogP contribution in [-0.4, -0.2) is 17.6 Å². The fourth-order valence-corrected chi connectivity index (χ4v) is 2.71. The van der Waals surface area contributed by atoms with E-state index in [1.54, 1.807) is 37.3 Å². The molecule has 0 fully saturated rings. The average molecular weight is 430 g/mol. The van der Waals surface area contributed by atoms with Gasteiger partial charge >= 0.3 is 0 Å². The highest BCUT2D eigenvalue weighted by atomic mass is 127. The summed E-state index contributed by atoms with van der Waals surface area (Å²) in [7, 11) is 0. The Morgan fingerprint density at radius 1 is 1.35 bits per heavy atom. The molecule has 0 N–H and O–H groups in total. The number of pyridine rings is 1. The second kappa shape index (κ2) is 7.55. The zero-order valence-corrected chi connectivity index (χ0v) is 14.4. The van der Waals surface area contributed by atoms with Gasteiger partial charge in [-0.2, -0.15) is 5.26 Å². The number of hydrogen-bond acceptors (Lipinski definition) is 3. The number of nitriles is 1. The van der Waals surface area contributed by atoms with Gasteiger partial charge < -0.3 is 9.30 Å². The minimum Gasteiger partial charge on any atom is -0.479 e. The third kappa shape index (κ3) is 4.07. The lowest BCUT2D eigenvalue weighted by Gasteiger charge is -2.15. The second-order valence-corrected chi connectivity index (χ2v) is 5.96. The number of aromatic nitrogens is 1. The molecule has 0 unspecified atom stereocenters. The van der Waals surface area contributed by atoms with E-state index < -0.39 is 18.5 Å². The van der Waals surface area contributed by atoms with Gasteiger partial charge in [-0.25, -0.2) is 8.78 Å². The van der Waals surface area contributed by atoms with Gasteiger partial charge in [0.2, 0.25) is 0 Å². The van der Waals surface area contributed by atoms with Crippen molar-refractivity contribution in [1.29, 1.82) is 5.26 Å². The molecule has 0 radical (unpaired) electrons. The minimum absolute atomic E-state index is 0.0710. The minimum atomic E-state index is -2.62. The third-order valence-corrected chi connectivity index (χ3v) is 4.05. The summed E-state index contributed by atoms with van der Waals surface area (Å²) in [6.45, 7) is 1.07. The first-order chi connectivity index (χ1) is 10.9. The number of ether oxygens (including phenoxy) is 1. The van der Waals surface area contributed by atoms with Crippen LogP contribution in [0.3, 0.4) is 0 Å². The molecule has 23 heavy (non-hydrogen) atoms. The van der Waals surface area contributed by atoms with Crippen LogP contribution in [0.25, 0.3) is 11.3 Å². The van der Waals surface area contributed by atoms with E-state index in [4.69, 9.17) is 10.00 Å². The zero-order chi connectivity index (χ0) is 17.0. The molecule has 120 valence electrons. The number of alkyl halides is 2. The molecule has 0 saturated carbocycles. The summed E-state index contributed by atoms with van der Waals surface area (Å²) < 4.78 is 32.3. The van der Waals surface area contributed by atoms with Crippen LogP contribution in [0, 0.1) is 21.8 Å². The Morgan fingerprint density at radius 2 is 2.09 bits per heavy atom. The second-order valence-electron chi connectivity index (χ2n) is 4.80. The quantitative estimate of drug-likeness (QED) is 0.682. The summed E-state index contributed by atoms with van der Waals surface area (Å²) in [5.74, 6) is 0.515. The average Bonchev–Trinajstić information content (AvgIpc) is 2.50. The fourth-order valence-electron chi connectivity index (χ4n) is 2.24. The van der Waals surface area contributed by atoms with Crippen molar-refractivity contribution in [2.45, 2.75) is 19.9 Å². The summed E-state index contributed by atoms with van der Waals surface area (Å²) in [6.07, 6.45) is -2.62. The van der Waals surface area contributed by atoms with Gasteiger partial charge in [-0.15, -0.1) is 0 Å². The molecule has 0 saturated heterocycles. The smallest absolute Gasteiger partial charge is 0.264 e. The van der Waals surface area contributed by atoms with Crippen molar-refractivity contribution in [2.75, 3.05) is 6.61 Å². The van der Waals surface area contributed by atoms with Crippen molar-refractivity contribution in [3.63, 3.8) is 0 Å². The molecule has 0 amide bonds. The molecular weight excluding hydrogens is 417 g/mol. The summed E-state index contributed by atoms with van der Waals surface area (Å²) in [5.41, 5.74) is 1.43. The lowest BCUT2D eigenvalue weighted by molar-refractivity contribution is 0.125. The van der Waals surface area contributed by atoms with Crippen LogP contribution in [-0.2, 0) is 6.54 Å². The van der Waals surface area contributed by atoms with E-state index in [0.717, 1.165) is 10.1 Å². The number of rotatable bonds is 5. The number of hydrogen-bond donors (Lipinski definition) is 0. The SMILES string of the molecule is Cc1cc(OCC#N)ccc1-c1ccc(I)c(=O)n1CC(F)F. The first kappa shape index (κ1) is 17.4. The lowest BCUT2D eigenvalue weighted by Crippen LogP contribution is -2.26. The predicted molar refractivity (Wildman–Crippen MR) is 90.7 cm³/mol. The summed E-state index contributed by atoms with van der Waals surface area (Å²) in [5, 5.41) is 8.52. The van der Waals surface area contributed by atoms with Crippen molar-refractivity contribution < 1.29 is 13.5 Å². The van der Waals surface area contributed by atoms with E-state index in [-0.39, 0.29) is 6.61 Å². The highest BCUT2D eigenvalue weighted by molar-refractivity contribution is 14.1. The molecule has 0 aliphatic rings. The van der Waals surface area contributed by atoms with Gasteiger partial charge in [-0.1, -0.05) is 0 Å². The van der Waals surface area contributed by atoms with Gasteiger partial charge in [0.1, 0.15) is 11.8 Å². The Balaban J connectivity index is 2.52. The molecule has 0 aliphatic heterocycles. The van der Waals surface area contributed by atoms with Crippen molar-refractivity contribution in [1.82, 2.24) is 4.57 Å². The third-order valence-electron chi connectivity index (χ3n) is 3.23. The van der Waals surface area contributed by atoms with Gasteiger partial charge in [0.15, 0.2) is 6.61 Å². The van der Waals surface area contributed by atoms with Gasteiger partial charge in [-0.05, 0) is 65.4 Å². The molecule has 2 rings (SSSR count). The largest absolute Gasteiger partial charge is 0.479 e. The van der Waals surface area contributed by atoms with Gasteiger partial charge in [0.05, 0.1) is 15.8 Å². The number of nitrogens with zero attached hydrogens (tertiary/aromatic N) is 2. The van der Waals surface area contributed by atoms with Crippen molar-refractivity contribution >= 4 is 22.6 Å². The first-order valence-corrected chi connectivity index (χ1v) is 7.80. The number of aryl methyl sites for hydroxylation is 1. The highest BCUT2D eigenvalue weighted by Gasteiger charge is 2.15. The van der Waals surface area contributed by atoms with Crippen LogP contribution >= 0.6 is 22.6 Å². The van der Waals surface area contributed by atoms with E-state index in [9.17, 15) is 13.6 Å². The van der Waals surface area contributed by atoms with Crippen molar-refractivity contribution in [2.24, 2.45) is 0 Å². The van der Waals surface area contributed by atoms with E-state index >= 15 is 0 Å². The van der Waals surface area contributed by atoms with E-state index in [1.165, 1.54) is 0 Å². The highest BCUT2D eigenvalue weighted by Crippen LogP contribution is 2.27. The summed E-state index contributed by atoms with van der Waals surface area (Å²) in [6, 6.07) is 10.2. The van der Waals surface area contributed by atoms with Crippen LogP contribution in [0.15, 0.2) is 35.1 Å². The molecule has 4 nitrogen and oxygen atoms in total. The normalized spacial score (nSPS) is 10.6. The fraction of sp³-hybridized carbons (Fsp3) is 0.250. The van der Waals surface area contributed by atoms with Crippen LogP contribution in [0.2, 0.25) is 0 Å². The summed E-state index contributed by atoms with van der Waals surface area (Å²) in [4.78, 5) is 12.2. The number of benzene rings is 1. The monoisotopic (exact) mass is 430 g/mol. The maximum atomic E-state index is 12.8. The Kier molecular flexibility index (Phi) is 5.71. The van der Waals surface area contributed by atoms with Crippen LogP contribution in [0.4, 0.5) is 8.78 Å². The predicted octanol–water partition coefficient (Wildman–Crippen LogP) is 3.60. The molecule has 1 heterocycles.